The van der Waals surface area contributed by atoms with Crippen LogP contribution in [0.4, 0.5) is 5.82 Å². The van der Waals surface area contributed by atoms with Crippen molar-refractivity contribution in [3.05, 3.63) is 93.8 Å². The lowest BCUT2D eigenvalue weighted by molar-refractivity contribution is -0.116. The van der Waals surface area contributed by atoms with Gasteiger partial charge in [0.25, 0.3) is 5.56 Å². The van der Waals surface area contributed by atoms with Gasteiger partial charge in [0.15, 0.2) is 5.16 Å². The molecule has 0 radical (unpaired) electrons. The maximum Gasteiger partial charge on any atom is 0.279 e. The van der Waals surface area contributed by atoms with Crippen LogP contribution >= 0.6 is 11.8 Å². The second-order valence-electron chi connectivity index (χ2n) is 7.77. The summed E-state index contributed by atoms with van der Waals surface area (Å²) in [4.78, 5) is 29.6. The van der Waals surface area contributed by atoms with Crippen molar-refractivity contribution in [2.75, 3.05) is 11.1 Å². The number of carbonyl (C=O) groups is 1. The van der Waals surface area contributed by atoms with E-state index in [2.05, 4.69) is 35.9 Å². The van der Waals surface area contributed by atoms with Crippen LogP contribution in [0.5, 0.6) is 5.75 Å². The van der Waals surface area contributed by atoms with E-state index < -0.39 is 0 Å². The van der Waals surface area contributed by atoms with Crippen molar-refractivity contribution in [1.82, 2.24) is 9.55 Å². The van der Waals surface area contributed by atoms with Gasteiger partial charge >= 0.3 is 0 Å². The molecule has 7 heteroatoms. The summed E-state index contributed by atoms with van der Waals surface area (Å²) in [6, 6.07) is 15.8. The van der Waals surface area contributed by atoms with E-state index in [1.807, 2.05) is 43.4 Å². The Bertz CT molecular complexity index is 1220. The Morgan fingerprint density at radius 3 is 2.75 bits per heavy atom. The number of hydrogen-bond acceptors (Lipinski definition) is 5. The van der Waals surface area contributed by atoms with Crippen molar-refractivity contribution in [3.63, 3.8) is 0 Å². The van der Waals surface area contributed by atoms with Crippen LogP contribution in [0, 0.1) is 6.92 Å². The minimum Gasteiger partial charge on any atom is -0.489 e. The van der Waals surface area contributed by atoms with Crippen molar-refractivity contribution in [1.29, 1.82) is 0 Å². The Balaban J connectivity index is 1.59. The zero-order chi connectivity index (χ0) is 22.7. The number of nitrogens with one attached hydrogen (secondary N) is 1. The summed E-state index contributed by atoms with van der Waals surface area (Å²) in [7, 11) is 1.81. The number of hydrogen-bond donors (Lipinski definition) is 1. The molecule has 1 aliphatic heterocycles. The van der Waals surface area contributed by atoms with Crippen molar-refractivity contribution in [3.8, 4) is 5.75 Å². The number of fused-ring (bicyclic) bond motifs is 1. The summed E-state index contributed by atoms with van der Waals surface area (Å²) in [5, 5.41) is 3.41. The van der Waals surface area contributed by atoms with Gasteiger partial charge in [0.2, 0.25) is 5.91 Å². The highest BCUT2D eigenvalue weighted by molar-refractivity contribution is 7.99. The van der Waals surface area contributed by atoms with Crippen LogP contribution in [0.3, 0.4) is 0 Å². The highest BCUT2D eigenvalue weighted by Gasteiger charge is 2.32. The largest absolute Gasteiger partial charge is 0.489 e. The standard InChI is InChI=1S/C25H25N3O3S/c1-4-12-32-25-27-24(30)22-20(14-21(29)26-23(22)28(25)3)18-8-10-19(11-9-18)31-15-17-7-5-6-16(2)13-17/h4-11,13,20H,1,12,14-15H2,2-3H3,(H,26,29)/t20-/m0/s1. The summed E-state index contributed by atoms with van der Waals surface area (Å²) < 4.78 is 7.68. The number of nitrogens with zero attached hydrogens (tertiary/aromatic N) is 2. The Morgan fingerprint density at radius 1 is 1.25 bits per heavy atom. The molecule has 3 aromatic rings. The molecule has 1 amide bonds. The molecule has 32 heavy (non-hydrogen) atoms. The van der Waals surface area contributed by atoms with Crippen molar-refractivity contribution < 1.29 is 9.53 Å². The Hall–Kier alpha value is -3.32. The molecule has 1 aliphatic rings. The third-order valence-corrected chi connectivity index (χ3v) is 6.43. The van der Waals surface area contributed by atoms with Crippen LogP contribution in [0.2, 0.25) is 0 Å². The van der Waals surface area contributed by atoms with Gasteiger partial charge in [-0.2, -0.15) is 4.98 Å². The fraction of sp³-hybridized carbons (Fsp3) is 0.240. The smallest absolute Gasteiger partial charge is 0.279 e. The first-order valence-electron chi connectivity index (χ1n) is 10.4. The van der Waals surface area contributed by atoms with Gasteiger partial charge in [0.05, 0.1) is 5.56 Å². The number of rotatable bonds is 7. The minimum absolute atomic E-state index is 0.122. The monoisotopic (exact) mass is 447 g/mol. The van der Waals surface area contributed by atoms with Gasteiger partial charge in [-0.3, -0.25) is 9.59 Å². The van der Waals surface area contributed by atoms with Crippen LogP contribution < -0.4 is 15.6 Å². The Morgan fingerprint density at radius 2 is 2.03 bits per heavy atom. The fourth-order valence-corrected chi connectivity index (χ4v) is 4.55. The number of amides is 1. The molecule has 0 unspecified atom stereocenters. The van der Waals surface area contributed by atoms with Gasteiger partial charge in [-0.05, 0) is 30.2 Å². The lowest BCUT2D eigenvalue weighted by Gasteiger charge is -2.27. The molecule has 0 saturated carbocycles. The lowest BCUT2D eigenvalue weighted by atomic mass is 9.87. The molecule has 0 spiro atoms. The molecule has 4 rings (SSSR count). The predicted molar refractivity (Wildman–Crippen MR) is 127 cm³/mol. The third-order valence-electron chi connectivity index (χ3n) is 5.40. The van der Waals surface area contributed by atoms with E-state index in [0.29, 0.717) is 28.9 Å². The van der Waals surface area contributed by atoms with Crippen LogP contribution in [-0.4, -0.2) is 21.2 Å². The summed E-state index contributed by atoms with van der Waals surface area (Å²) in [5.74, 6) is 1.40. The van der Waals surface area contributed by atoms with Gasteiger partial charge in [-0.15, -0.1) is 6.58 Å². The van der Waals surface area contributed by atoms with Crippen LogP contribution in [0.15, 0.2) is 71.1 Å². The number of anilines is 1. The van der Waals surface area contributed by atoms with Crippen molar-refractivity contribution in [2.24, 2.45) is 7.05 Å². The van der Waals surface area contributed by atoms with Crippen LogP contribution in [0.25, 0.3) is 0 Å². The number of aromatic nitrogens is 2. The number of thioether (sulfide) groups is 1. The van der Waals surface area contributed by atoms with E-state index in [1.165, 1.54) is 17.3 Å². The molecule has 1 aromatic heterocycles. The van der Waals surface area contributed by atoms with E-state index in [9.17, 15) is 9.59 Å². The zero-order valence-corrected chi connectivity index (χ0v) is 18.9. The normalized spacial score (nSPS) is 15.1. The first-order chi connectivity index (χ1) is 15.5. The maximum absolute atomic E-state index is 12.9. The van der Waals surface area contributed by atoms with Crippen LogP contribution in [0.1, 0.15) is 34.6 Å². The highest BCUT2D eigenvalue weighted by atomic mass is 32.2. The SMILES string of the molecule is C=CCSc1nc(=O)c2c(n1C)NC(=O)C[C@H]2c1ccc(OCc2cccc(C)c2)cc1. The second-order valence-corrected chi connectivity index (χ2v) is 8.76. The Labute approximate surface area is 191 Å². The summed E-state index contributed by atoms with van der Waals surface area (Å²) in [5.41, 5.74) is 3.39. The van der Waals surface area contributed by atoms with Crippen molar-refractivity contribution in [2.45, 2.75) is 31.0 Å². The van der Waals surface area contributed by atoms with Gasteiger partial charge in [-0.1, -0.05) is 59.8 Å². The average molecular weight is 448 g/mol. The van der Waals surface area contributed by atoms with E-state index in [1.54, 1.807) is 10.6 Å². The summed E-state index contributed by atoms with van der Waals surface area (Å²) in [6.45, 7) is 6.23. The van der Waals surface area contributed by atoms with Gasteiger partial charge in [0.1, 0.15) is 18.2 Å². The lowest BCUT2D eigenvalue weighted by Crippen LogP contribution is -2.33. The number of ether oxygens (including phenoxy) is 1. The molecular formula is C25H25N3O3S. The number of carbonyl (C=O) groups excluding carboxylic acids is 1. The molecule has 1 atom stereocenters. The maximum atomic E-state index is 12.9. The zero-order valence-electron chi connectivity index (χ0n) is 18.1. The molecule has 6 nitrogen and oxygen atoms in total. The molecule has 2 heterocycles. The quantitative estimate of drug-likeness (QED) is 0.330. The van der Waals surface area contributed by atoms with Crippen LogP contribution in [-0.2, 0) is 18.4 Å². The molecule has 2 aromatic carbocycles. The molecule has 164 valence electrons. The second kappa shape index (κ2) is 9.44. The first-order valence-corrected chi connectivity index (χ1v) is 11.4. The predicted octanol–water partition coefficient (Wildman–Crippen LogP) is 4.42. The Kier molecular flexibility index (Phi) is 6.46. The van der Waals surface area contributed by atoms with E-state index in [4.69, 9.17) is 4.74 Å². The highest BCUT2D eigenvalue weighted by Crippen LogP contribution is 2.36. The summed E-state index contributed by atoms with van der Waals surface area (Å²) >= 11 is 1.40. The van der Waals surface area contributed by atoms with E-state index in [-0.39, 0.29) is 23.8 Å². The summed E-state index contributed by atoms with van der Waals surface area (Å²) in [6.07, 6.45) is 1.95. The number of benzene rings is 2. The molecule has 0 bridgehead atoms. The van der Waals surface area contributed by atoms with Gasteiger partial charge < -0.3 is 14.6 Å². The average Bonchev–Trinajstić information content (AvgIpc) is 2.79. The molecule has 0 fully saturated rings. The molecule has 1 N–H and O–H groups in total. The van der Waals surface area contributed by atoms with Gasteiger partial charge in [-0.25, -0.2) is 0 Å². The molecule has 0 aliphatic carbocycles. The molecule has 0 saturated heterocycles. The minimum atomic E-state index is -0.353. The van der Waals surface area contributed by atoms with Crippen molar-refractivity contribution >= 4 is 23.5 Å². The fourth-order valence-electron chi connectivity index (χ4n) is 3.85. The van der Waals surface area contributed by atoms with Gasteiger partial charge in [0, 0.05) is 25.1 Å². The topological polar surface area (TPSA) is 73.2 Å². The number of aryl methyl sites for hydroxylation is 1. The van der Waals surface area contributed by atoms with E-state index >= 15 is 0 Å². The molecular weight excluding hydrogens is 422 g/mol. The first kappa shape index (κ1) is 21.9. The third kappa shape index (κ3) is 4.62. The van der Waals surface area contributed by atoms with E-state index in [0.717, 1.165) is 16.9 Å².